The summed E-state index contributed by atoms with van der Waals surface area (Å²) in [7, 11) is 0. The van der Waals surface area contributed by atoms with Crippen LogP contribution in [-0.4, -0.2) is 33.2 Å². The molecule has 0 aliphatic carbocycles. The molecule has 3 aromatic carbocycles. The summed E-state index contributed by atoms with van der Waals surface area (Å²) in [5.41, 5.74) is 8.94. The van der Waals surface area contributed by atoms with E-state index in [4.69, 9.17) is 5.11 Å². The standard InChI is InChI=1S/C29H25N3O2S/c1-2-26(21-10-8-20(9-11-21)25-17-31-35-18-25)29(23-12-13-27-24(15-23)16-30-32-27)22-6-3-19(4-7-22)5-14-28(33)34/h3-17,25H,2,18H2,1H3,(H,30,32)(H,33,34)/b14-5+,29-26+. The predicted octanol–water partition coefficient (Wildman–Crippen LogP) is 6.85. The Morgan fingerprint density at radius 3 is 2.49 bits per heavy atom. The lowest BCUT2D eigenvalue weighted by molar-refractivity contribution is -0.131. The molecule has 0 radical (unpaired) electrons. The van der Waals surface area contributed by atoms with Crippen molar-refractivity contribution < 1.29 is 9.90 Å². The number of hydrogen-bond acceptors (Lipinski definition) is 4. The van der Waals surface area contributed by atoms with E-state index in [2.05, 4.69) is 76.1 Å². The molecule has 1 aliphatic heterocycles. The van der Waals surface area contributed by atoms with Gasteiger partial charge in [-0.25, -0.2) is 9.19 Å². The summed E-state index contributed by atoms with van der Waals surface area (Å²) >= 11 is 1.61. The Morgan fingerprint density at radius 1 is 1.06 bits per heavy atom. The molecule has 0 fully saturated rings. The van der Waals surface area contributed by atoms with Crippen LogP contribution in [0.4, 0.5) is 0 Å². The lowest BCUT2D eigenvalue weighted by Gasteiger charge is -2.17. The van der Waals surface area contributed by atoms with E-state index < -0.39 is 5.97 Å². The van der Waals surface area contributed by atoms with Crippen molar-refractivity contribution >= 4 is 52.3 Å². The number of fused-ring (bicyclic) bond motifs is 1. The van der Waals surface area contributed by atoms with Crippen LogP contribution in [-0.2, 0) is 4.79 Å². The lowest BCUT2D eigenvalue weighted by Crippen LogP contribution is -2.00. The first-order valence-electron chi connectivity index (χ1n) is 11.6. The van der Waals surface area contributed by atoms with Gasteiger partial charge in [-0.3, -0.25) is 5.10 Å². The smallest absolute Gasteiger partial charge is 0.328 e. The second kappa shape index (κ2) is 10.2. The van der Waals surface area contributed by atoms with Gasteiger partial charge in [-0.15, -0.1) is 0 Å². The van der Waals surface area contributed by atoms with E-state index in [1.54, 1.807) is 18.0 Å². The summed E-state index contributed by atoms with van der Waals surface area (Å²) in [5, 5.41) is 17.2. The molecule has 4 aromatic rings. The van der Waals surface area contributed by atoms with Gasteiger partial charge in [0, 0.05) is 29.3 Å². The Bertz CT molecular complexity index is 1450. The van der Waals surface area contributed by atoms with Gasteiger partial charge >= 0.3 is 5.97 Å². The third-order valence-electron chi connectivity index (χ3n) is 6.26. The van der Waals surface area contributed by atoms with E-state index in [9.17, 15) is 4.79 Å². The van der Waals surface area contributed by atoms with Gasteiger partial charge in [0.2, 0.25) is 0 Å². The first-order chi connectivity index (χ1) is 17.1. The van der Waals surface area contributed by atoms with Crippen LogP contribution in [0.2, 0.25) is 0 Å². The van der Waals surface area contributed by atoms with Crippen LogP contribution in [0.15, 0.2) is 83.4 Å². The summed E-state index contributed by atoms with van der Waals surface area (Å²) < 4.78 is 4.31. The minimum absolute atomic E-state index is 0.373. The number of allylic oxidation sites excluding steroid dienone is 1. The number of carboxylic acids is 1. The van der Waals surface area contributed by atoms with Crippen LogP contribution in [0.3, 0.4) is 0 Å². The van der Waals surface area contributed by atoms with E-state index in [-0.39, 0.29) is 0 Å². The molecule has 35 heavy (non-hydrogen) atoms. The van der Waals surface area contributed by atoms with E-state index in [1.807, 2.05) is 24.5 Å². The number of rotatable bonds is 7. The van der Waals surface area contributed by atoms with Crippen molar-refractivity contribution in [1.82, 2.24) is 10.2 Å². The number of carboxylic acid groups (broad SMARTS) is 1. The normalized spacial score (nSPS) is 16.2. The van der Waals surface area contributed by atoms with Gasteiger partial charge in [0.05, 0.1) is 11.7 Å². The zero-order valence-corrected chi connectivity index (χ0v) is 20.1. The Balaban J connectivity index is 1.62. The van der Waals surface area contributed by atoms with Crippen LogP contribution in [0.1, 0.15) is 47.1 Å². The molecule has 5 nitrogen and oxygen atoms in total. The fraction of sp³-hybridized carbons (Fsp3) is 0.138. The zero-order valence-electron chi connectivity index (χ0n) is 19.3. The van der Waals surface area contributed by atoms with Gasteiger partial charge in [-0.2, -0.15) is 5.10 Å². The predicted molar refractivity (Wildman–Crippen MR) is 146 cm³/mol. The highest BCUT2D eigenvalue weighted by molar-refractivity contribution is 7.98. The quantitative estimate of drug-likeness (QED) is 0.173. The van der Waals surface area contributed by atoms with Crippen molar-refractivity contribution in [2.45, 2.75) is 19.3 Å². The minimum Gasteiger partial charge on any atom is -0.478 e. The molecule has 0 saturated carbocycles. The fourth-order valence-corrected chi connectivity index (χ4v) is 5.22. The molecular weight excluding hydrogens is 454 g/mol. The lowest BCUT2D eigenvalue weighted by atomic mass is 9.87. The molecule has 1 atom stereocenters. The molecule has 2 N–H and O–H groups in total. The second-order valence-electron chi connectivity index (χ2n) is 8.45. The summed E-state index contributed by atoms with van der Waals surface area (Å²) in [6, 6.07) is 23.3. The second-order valence-corrected chi connectivity index (χ2v) is 9.25. The van der Waals surface area contributed by atoms with Crippen LogP contribution >= 0.6 is 11.9 Å². The van der Waals surface area contributed by atoms with Crippen molar-refractivity contribution in [3.8, 4) is 0 Å². The van der Waals surface area contributed by atoms with Crippen LogP contribution in [0.5, 0.6) is 0 Å². The molecule has 0 saturated heterocycles. The van der Waals surface area contributed by atoms with Gasteiger partial charge in [-0.05, 0) is 75.5 Å². The molecule has 0 amide bonds. The third kappa shape index (κ3) is 4.98. The van der Waals surface area contributed by atoms with Crippen LogP contribution < -0.4 is 0 Å². The van der Waals surface area contributed by atoms with E-state index in [1.165, 1.54) is 16.7 Å². The zero-order chi connectivity index (χ0) is 24.2. The summed E-state index contributed by atoms with van der Waals surface area (Å²) in [6.45, 7) is 2.18. The van der Waals surface area contributed by atoms with Gasteiger partial charge in [-0.1, -0.05) is 61.5 Å². The van der Waals surface area contributed by atoms with Crippen molar-refractivity contribution in [1.29, 1.82) is 0 Å². The van der Waals surface area contributed by atoms with Crippen LogP contribution in [0, 0.1) is 0 Å². The van der Waals surface area contributed by atoms with E-state index in [0.717, 1.165) is 51.4 Å². The Kier molecular flexibility index (Phi) is 6.64. The van der Waals surface area contributed by atoms with Crippen molar-refractivity contribution in [2.24, 2.45) is 4.40 Å². The highest BCUT2D eigenvalue weighted by atomic mass is 32.2. The average Bonchev–Trinajstić information content (AvgIpc) is 3.59. The van der Waals surface area contributed by atoms with E-state index in [0.29, 0.717) is 5.92 Å². The Morgan fingerprint density at radius 2 is 1.80 bits per heavy atom. The monoisotopic (exact) mass is 479 g/mol. The van der Waals surface area contributed by atoms with Crippen molar-refractivity contribution in [2.75, 3.05) is 5.75 Å². The molecule has 5 rings (SSSR count). The summed E-state index contributed by atoms with van der Waals surface area (Å²) in [6.07, 6.45) is 7.50. The average molecular weight is 480 g/mol. The minimum atomic E-state index is -0.956. The molecule has 1 aromatic heterocycles. The third-order valence-corrected chi connectivity index (χ3v) is 7.04. The Hall–Kier alpha value is -3.90. The molecule has 0 spiro atoms. The number of hydrogen-bond donors (Lipinski definition) is 2. The largest absolute Gasteiger partial charge is 0.478 e. The molecule has 2 heterocycles. The maximum atomic E-state index is 10.9. The number of aromatic amines is 1. The molecular formula is C29H25N3O2S. The topological polar surface area (TPSA) is 78.3 Å². The maximum Gasteiger partial charge on any atom is 0.328 e. The highest BCUT2D eigenvalue weighted by Gasteiger charge is 2.17. The van der Waals surface area contributed by atoms with Gasteiger partial charge < -0.3 is 5.11 Å². The molecule has 1 aliphatic rings. The number of nitrogens with zero attached hydrogens (tertiary/aromatic N) is 2. The number of benzene rings is 3. The fourth-order valence-electron chi connectivity index (χ4n) is 4.46. The summed E-state index contributed by atoms with van der Waals surface area (Å²) in [5.74, 6) is 0.411. The number of H-pyrrole nitrogens is 1. The molecule has 174 valence electrons. The first-order valence-corrected chi connectivity index (χ1v) is 12.5. The SMILES string of the molecule is CC/C(=C(/c1ccc(/C=C/C(=O)O)cc1)c1ccc2[nH]ncc2c1)c1ccc(C2C=NSC2)cc1. The van der Waals surface area contributed by atoms with Gasteiger partial charge in [0.25, 0.3) is 0 Å². The van der Waals surface area contributed by atoms with Crippen molar-refractivity contribution in [3.05, 3.63) is 107 Å². The Labute approximate surface area is 208 Å². The number of aliphatic carboxylic acids is 1. The highest BCUT2D eigenvalue weighted by Crippen LogP contribution is 2.36. The molecule has 6 heteroatoms. The number of carbonyl (C=O) groups is 1. The molecule has 1 unspecified atom stereocenters. The van der Waals surface area contributed by atoms with E-state index >= 15 is 0 Å². The van der Waals surface area contributed by atoms with Gasteiger partial charge in [0.15, 0.2) is 0 Å². The first kappa shape index (κ1) is 22.9. The van der Waals surface area contributed by atoms with Gasteiger partial charge in [0.1, 0.15) is 0 Å². The number of aromatic nitrogens is 2. The summed E-state index contributed by atoms with van der Waals surface area (Å²) in [4.78, 5) is 10.9. The maximum absolute atomic E-state index is 10.9. The van der Waals surface area contributed by atoms with Crippen molar-refractivity contribution in [3.63, 3.8) is 0 Å². The van der Waals surface area contributed by atoms with Crippen LogP contribution in [0.25, 0.3) is 28.1 Å². The molecule has 0 bridgehead atoms. The number of nitrogens with one attached hydrogen (secondary N) is 1.